The molecule has 0 bridgehead atoms. The van der Waals surface area contributed by atoms with E-state index in [2.05, 4.69) is 17.0 Å². The predicted octanol–water partition coefficient (Wildman–Crippen LogP) is 4.59. The quantitative estimate of drug-likeness (QED) is 0.452. The fourth-order valence-electron chi connectivity index (χ4n) is 2.65. The number of hydrogen-bond acceptors (Lipinski definition) is 3. The van der Waals surface area contributed by atoms with Crippen molar-refractivity contribution in [3.8, 4) is 0 Å². The zero-order valence-corrected chi connectivity index (χ0v) is 17.3. The highest BCUT2D eigenvalue weighted by atomic mass is 32.2. The van der Waals surface area contributed by atoms with Crippen LogP contribution in [0.4, 0.5) is 5.69 Å². The molecule has 2 aromatic carbocycles. The fraction of sp³-hybridized carbons (Fsp3) is 0.318. The first-order valence-electron chi connectivity index (χ1n) is 9.57. The van der Waals surface area contributed by atoms with Crippen LogP contribution in [0, 0.1) is 0 Å². The third kappa shape index (κ3) is 6.94. The second-order valence-corrected chi connectivity index (χ2v) is 8.44. The van der Waals surface area contributed by atoms with E-state index < -0.39 is 10.0 Å². The Morgan fingerprint density at radius 3 is 2.29 bits per heavy atom. The van der Waals surface area contributed by atoms with Crippen LogP contribution in [0.25, 0.3) is 6.08 Å². The summed E-state index contributed by atoms with van der Waals surface area (Å²) in [5.41, 5.74) is 2.06. The van der Waals surface area contributed by atoms with Crippen LogP contribution in [-0.4, -0.2) is 20.9 Å². The van der Waals surface area contributed by atoms with E-state index in [0.29, 0.717) is 17.8 Å². The number of anilines is 1. The summed E-state index contributed by atoms with van der Waals surface area (Å²) in [5.74, 6) is -0.228. The first-order chi connectivity index (χ1) is 13.4. The maximum Gasteiger partial charge on any atom is 0.251 e. The number of amides is 1. The summed E-state index contributed by atoms with van der Waals surface area (Å²) >= 11 is 0. The van der Waals surface area contributed by atoms with Gasteiger partial charge in [0.15, 0.2) is 0 Å². The highest BCUT2D eigenvalue weighted by Gasteiger charge is 2.13. The molecule has 28 heavy (non-hydrogen) atoms. The summed E-state index contributed by atoms with van der Waals surface area (Å²) in [5, 5.41) is 2.78. The van der Waals surface area contributed by atoms with Crippen molar-refractivity contribution in [2.75, 3.05) is 11.9 Å². The van der Waals surface area contributed by atoms with Gasteiger partial charge in [0.25, 0.3) is 5.91 Å². The van der Waals surface area contributed by atoms with E-state index in [-0.39, 0.29) is 10.8 Å². The summed E-state index contributed by atoms with van der Waals surface area (Å²) in [6.45, 7) is 4.29. The minimum absolute atomic E-state index is 0.192. The molecule has 0 spiro atoms. The summed E-state index contributed by atoms with van der Waals surface area (Å²) in [6.07, 6.45) is 5.86. The van der Waals surface area contributed by atoms with Gasteiger partial charge in [0.05, 0.1) is 4.90 Å². The van der Waals surface area contributed by atoms with E-state index in [1.807, 2.05) is 30.3 Å². The molecule has 0 saturated carbocycles. The van der Waals surface area contributed by atoms with E-state index in [1.54, 1.807) is 25.1 Å². The van der Waals surface area contributed by atoms with Crippen LogP contribution >= 0.6 is 0 Å². The van der Waals surface area contributed by atoms with Gasteiger partial charge in [-0.3, -0.25) is 4.79 Å². The van der Waals surface area contributed by atoms with Gasteiger partial charge in [-0.1, -0.05) is 56.5 Å². The molecule has 2 N–H and O–H groups in total. The first kappa shape index (κ1) is 21.9. The molecule has 0 aliphatic heterocycles. The lowest BCUT2D eigenvalue weighted by Crippen LogP contribution is -2.24. The van der Waals surface area contributed by atoms with E-state index in [4.69, 9.17) is 0 Å². The van der Waals surface area contributed by atoms with E-state index in [9.17, 15) is 13.2 Å². The van der Waals surface area contributed by atoms with Crippen LogP contribution in [0.5, 0.6) is 0 Å². The topological polar surface area (TPSA) is 75.3 Å². The van der Waals surface area contributed by atoms with Crippen molar-refractivity contribution in [3.63, 3.8) is 0 Å². The van der Waals surface area contributed by atoms with E-state index in [0.717, 1.165) is 31.2 Å². The van der Waals surface area contributed by atoms with Crippen molar-refractivity contribution in [1.82, 2.24) is 4.72 Å². The highest BCUT2D eigenvalue weighted by molar-refractivity contribution is 7.89. The van der Waals surface area contributed by atoms with Crippen molar-refractivity contribution in [2.45, 2.75) is 44.4 Å². The van der Waals surface area contributed by atoms with Crippen LogP contribution < -0.4 is 10.0 Å². The van der Waals surface area contributed by atoms with Crippen molar-refractivity contribution in [3.05, 3.63) is 65.7 Å². The minimum atomic E-state index is -3.52. The molecular weight excluding hydrogens is 372 g/mol. The number of carbonyl (C=O) groups is 1. The van der Waals surface area contributed by atoms with Crippen LogP contribution in [0.2, 0.25) is 0 Å². The molecule has 0 atom stereocenters. The van der Waals surface area contributed by atoms with Gasteiger partial charge in [0.1, 0.15) is 0 Å². The van der Waals surface area contributed by atoms with Gasteiger partial charge < -0.3 is 5.32 Å². The maximum absolute atomic E-state index is 12.3. The molecule has 2 rings (SSSR count). The second-order valence-electron chi connectivity index (χ2n) is 6.67. The van der Waals surface area contributed by atoms with Crippen LogP contribution in [0.3, 0.4) is 0 Å². The van der Waals surface area contributed by atoms with Crippen molar-refractivity contribution in [1.29, 1.82) is 0 Å². The van der Waals surface area contributed by atoms with Gasteiger partial charge >= 0.3 is 0 Å². The Bertz CT molecular complexity index is 889. The number of unbranched alkanes of at least 4 members (excludes halogenated alkanes) is 3. The lowest BCUT2D eigenvalue weighted by atomic mass is 10.1. The molecule has 0 aliphatic rings. The Balaban J connectivity index is 1.94. The lowest BCUT2D eigenvalue weighted by Gasteiger charge is -2.09. The molecule has 0 radical (unpaired) electrons. The zero-order chi connectivity index (χ0) is 20.4. The van der Waals surface area contributed by atoms with Gasteiger partial charge in [-0.2, -0.15) is 0 Å². The van der Waals surface area contributed by atoms with Gasteiger partial charge in [-0.15, -0.1) is 0 Å². The summed E-state index contributed by atoms with van der Waals surface area (Å²) < 4.78 is 27.2. The first-order valence-corrected chi connectivity index (χ1v) is 11.0. The molecule has 0 unspecified atom stereocenters. The van der Waals surface area contributed by atoms with Gasteiger partial charge in [0, 0.05) is 17.8 Å². The number of benzene rings is 2. The summed E-state index contributed by atoms with van der Waals surface area (Å²) in [4.78, 5) is 12.5. The number of sulfonamides is 1. The number of rotatable bonds is 10. The Hall–Kier alpha value is -2.44. The van der Waals surface area contributed by atoms with Crippen LogP contribution in [-0.2, 0) is 14.8 Å². The summed E-state index contributed by atoms with van der Waals surface area (Å²) in [7, 11) is -3.52. The normalized spacial score (nSPS) is 12.0. The zero-order valence-electron chi connectivity index (χ0n) is 16.4. The van der Waals surface area contributed by atoms with Crippen molar-refractivity contribution in [2.24, 2.45) is 0 Å². The molecule has 150 valence electrons. The number of nitrogens with one attached hydrogen (secondary N) is 2. The predicted molar refractivity (Wildman–Crippen MR) is 114 cm³/mol. The van der Waals surface area contributed by atoms with Gasteiger partial charge in [-0.05, 0) is 49.2 Å². The Labute approximate surface area is 167 Å². The monoisotopic (exact) mass is 400 g/mol. The third-order valence-corrected chi connectivity index (χ3v) is 5.76. The smallest absolute Gasteiger partial charge is 0.251 e. The maximum atomic E-state index is 12.3. The Kier molecular flexibility index (Phi) is 8.42. The van der Waals surface area contributed by atoms with Crippen molar-refractivity contribution < 1.29 is 13.2 Å². The molecule has 1 amide bonds. The molecule has 0 aromatic heterocycles. The van der Waals surface area contributed by atoms with Crippen LogP contribution in [0.1, 0.15) is 45.1 Å². The second kappa shape index (κ2) is 10.8. The minimum Gasteiger partial charge on any atom is -0.322 e. The molecule has 5 nitrogen and oxygen atoms in total. The van der Waals surface area contributed by atoms with Crippen LogP contribution in [0.15, 0.2) is 65.1 Å². The molecule has 0 heterocycles. The van der Waals surface area contributed by atoms with E-state index in [1.165, 1.54) is 12.1 Å². The largest absolute Gasteiger partial charge is 0.322 e. The van der Waals surface area contributed by atoms with E-state index >= 15 is 0 Å². The van der Waals surface area contributed by atoms with Crippen molar-refractivity contribution >= 4 is 27.7 Å². The van der Waals surface area contributed by atoms with Gasteiger partial charge in [0.2, 0.25) is 10.0 Å². The SMILES string of the molecule is CCCCCCNS(=O)(=O)c1ccc(NC(=O)C(C)=Cc2ccccc2)cc1. The molecule has 6 heteroatoms. The average Bonchev–Trinajstić information content (AvgIpc) is 2.69. The standard InChI is InChI=1S/C22H28N2O3S/c1-3-4-5-9-16-23-28(26,27)21-14-12-20(13-15-21)24-22(25)18(2)17-19-10-7-6-8-11-19/h6-8,10-15,17,23H,3-5,9,16H2,1-2H3,(H,24,25). The lowest BCUT2D eigenvalue weighted by molar-refractivity contribution is -0.112. The number of carbonyl (C=O) groups excluding carboxylic acids is 1. The fourth-order valence-corrected chi connectivity index (χ4v) is 3.73. The average molecular weight is 401 g/mol. The Morgan fingerprint density at radius 2 is 1.64 bits per heavy atom. The molecular formula is C22H28N2O3S. The molecule has 2 aromatic rings. The van der Waals surface area contributed by atoms with Gasteiger partial charge in [-0.25, -0.2) is 13.1 Å². The Morgan fingerprint density at radius 1 is 0.964 bits per heavy atom. The molecule has 0 aliphatic carbocycles. The summed E-state index contributed by atoms with van der Waals surface area (Å²) in [6, 6.07) is 15.8. The molecule has 0 saturated heterocycles. The molecule has 0 fully saturated rings. The highest BCUT2D eigenvalue weighted by Crippen LogP contribution is 2.16. The number of hydrogen-bond donors (Lipinski definition) is 2. The third-order valence-electron chi connectivity index (χ3n) is 4.29.